The third-order valence-corrected chi connectivity index (χ3v) is 5.06. The summed E-state index contributed by atoms with van der Waals surface area (Å²) in [6, 6.07) is 3.36. The van der Waals surface area contributed by atoms with Crippen molar-refractivity contribution in [2.24, 2.45) is 0 Å². The Hall–Kier alpha value is -2.52. The molecule has 0 bridgehead atoms. The van der Waals surface area contributed by atoms with E-state index in [2.05, 4.69) is 15.0 Å². The van der Waals surface area contributed by atoms with Gasteiger partial charge in [0.25, 0.3) is 5.56 Å². The number of nitrogens with one attached hydrogen (secondary N) is 1. The molecule has 3 rings (SSSR count). The molecule has 3 heterocycles. The molecule has 0 aromatic carbocycles. The van der Waals surface area contributed by atoms with E-state index in [0.717, 1.165) is 0 Å². The van der Waals surface area contributed by atoms with Crippen molar-refractivity contribution in [2.45, 2.75) is 13.0 Å². The highest BCUT2D eigenvalue weighted by Crippen LogP contribution is 2.23. The number of nitrogens with zero attached hydrogens (tertiary/aromatic N) is 2. The summed E-state index contributed by atoms with van der Waals surface area (Å²) in [5, 5.41) is 6.72. The summed E-state index contributed by atoms with van der Waals surface area (Å²) in [5.41, 5.74) is 0.246. The molecule has 0 radical (unpaired) electrons. The first-order valence-corrected chi connectivity index (χ1v) is 8.74. The average Bonchev–Trinajstić information content (AvgIpc) is 3.23. The fraction of sp³-hybridized carbons (Fsp3) is 0.200. The zero-order chi connectivity index (χ0) is 17.1. The van der Waals surface area contributed by atoms with Crippen molar-refractivity contribution in [3.8, 4) is 0 Å². The molecule has 0 atom stereocenters. The van der Waals surface area contributed by atoms with Crippen LogP contribution in [0, 0.1) is 0 Å². The van der Waals surface area contributed by atoms with Crippen LogP contribution in [-0.4, -0.2) is 28.5 Å². The number of methoxy groups -OCH3 is 1. The number of rotatable bonds is 5. The minimum absolute atomic E-state index is 0.0910. The van der Waals surface area contributed by atoms with Crippen molar-refractivity contribution in [3.05, 3.63) is 44.5 Å². The molecular weight excluding hydrogens is 350 g/mol. The Bertz CT molecular complexity index is 957. The molecule has 0 saturated carbocycles. The van der Waals surface area contributed by atoms with Crippen molar-refractivity contribution in [1.29, 1.82) is 0 Å². The highest BCUT2D eigenvalue weighted by Gasteiger charge is 2.15. The standard InChI is InChI=1S/C15H13N3O4S2/c1-22-15(21)12-10(4-7-23-12)17-11(19)2-5-18-8-16-13-9(14(18)20)3-6-24-13/h3-4,6-8H,2,5H2,1H3,(H,17,19). The third-order valence-electron chi connectivity index (χ3n) is 3.34. The van der Waals surface area contributed by atoms with Gasteiger partial charge in [-0.15, -0.1) is 22.7 Å². The first-order chi connectivity index (χ1) is 11.6. The smallest absolute Gasteiger partial charge is 0.350 e. The van der Waals surface area contributed by atoms with Gasteiger partial charge in [-0.3, -0.25) is 14.2 Å². The molecule has 3 aromatic rings. The Labute approximate surface area is 144 Å². The van der Waals surface area contributed by atoms with Crippen molar-refractivity contribution in [1.82, 2.24) is 9.55 Å². The van der Waals surface area contributed by atoms with Crippen LogP contribution in [0.15, 0.2) is 34.0 Å². The van der Waals surface area contributed by atoms with E-state index in [9.17, 15) is 14.4 Å². The van der Waals surface area contributed by atoms with Crippen molar-refractivity contribution < 1.29 is 14.3 Å². The number of carbonyl (C=O) groups excluding carboxylic acids is 2. The summed E-state index contributed by atoms with van der Waals surface area (Å²) in [7, 11) is 1.29. The van der Waals surface area contributed by atoms with E-state index in [1.807, 2.05) is 0 Å². The third kappa shape index (κ3) is 3.22. The highest BCUT2D eigenvalue weighted by atomic mass is 32.1. The van der Waals surface area contributed by atoms with E-state index < -0.39 is 5.97 Å². The lowest BCUT2D eigenvalue weighted by molar-refractivity contribution is -0.116. The van der Waals surface area contributed by atoms with E-state index in [-0.39, 0.29) is 24.4 Å². The molecule has 0 saturated heterocycles. The summed E-state index contributed by atoms with van der Waals surface area (Å²) >= 11 is 2.59. The summed E-state index contributed by atoms with van der Waals surface area (Å²) < 4.78 is 6.07. The lowest BCUT2D eigenvalue weighted by atomic mass is 10.3. The number of ether oxygens (including phenoxy) is 1. The monoisotopic (exact) mass is 363 g/mol. The molecular formula is C15H13N3O4S2. The fourth-order valence-corrected chi connectivity index (χ4v) is 3.63. The number of aryl methyl sites for hydroxylation is 1. The molecule has 24 heavy (non-hydrogen) atoms. The predicted molar refractivity (Wildman–Crippen MR) is 92.8 cm³/mol. The van der Waals surface area contributed by atoms with E-state index in [1.165, 1.54) is 40.7 Å². The minimum Gasteiger partial charge on any atom is -0.465 e. The Morgan fingerprint density at radius 2 is 2.08 bits per heavy atom. The van der Waals surface area contributed by atoms with Crippen LogP contribution in [0.4, 0.5) is 5.69 Å². The number of thiophene rings is 2. The fourth-order valence-electron chi connectivity index (χ4n) is 2.15. The molecule has 124 valence electrons. The number of carbonyl (C=O) groups is 2. The van der Waals surface area contributed by atoms with Gasteiger partial charge in [0.05, 0.1) is 24.5 Å². The lowest BCUT2D eigenvalue weighted by Gasteiger charge is -2.07. The number of aromatic nitrogens is 2. The number of esters is 1. The Kier molecular flexibility index (Phi) is 4.72. The topological polar surface area (TPSA) is 90.3 Å². The maximum Gasteiger partial charge on any atom is 0.350 e. The SMILES string of the molecule is COC(=O)c1sccc1NC(=O)CCn1cnc2sccc2c1=O. The first-order valence-electron chi connectivity index (χ1n) is 6.98. The predicted octanol–water partition coefficient (Wildman–Crippen LogP) is 2.33. The molecule has 0 unspecified atom stereocenters. The zero-order valence-corrected chi connectivity index (χ0v) is 14.3. The van der Waals surface area contributed by atoms with Crippen LogP contribution in [-0.2, 0) is 16.1 Å². The number of anilines is 1. The molecule has 0 fully saturated rings. The molecule has 0 aliphatic heterocycles. The normalized spacial score (nSPS) is 10.7. The van der Waals surface area contributed by atoms with Gasteiger partial charge in [-0.25, -0.2) is 9.78 Å². The van der Waals surface area contributed by atoms with Crippen molar-refractivity contribution in [3.63, 3.8) is 0 Å². The van der Waals surface area contributed by atoms with Gasteiger partial charge in [0, 0.05) is 13.0 Å². The highest BCUT2D eigenvalue weighted by molar-refractivity contribution is 7.16. The van der Waals surface area contributed by atoms with Gasteiger partial charge in [-0.05, 0) is 22.9 Å². The van der Waals surface area contributed by atoms with Gasteiger partial charge in [-0.1, -0.05) is 0 Å². The van der Waals surface area contributed by atoms with Crippen LogP contribution in [0.3, 0.4) is 0 Å². The Morgan fingerprint density at radius 1 is 1.29 bits per heavy atom. The minimum atomic E-state index is -0.497. The van der Waals surface area contributed by atoms with E-state index >= 15 is 0 Å². The van der Waals surface area contributed by atoms with Gasteiger partial charge in [0.15, 0.2) is 0 Å². The number of hydrogen-bond acceptors (Lipinski definition) is 7. The summed E-state index contributed by atoms with van der Waals surface area (Å²) in [6.07, 6.45) is 1.53. The maximum atomic E-state index is 12.2. The second-order valence-corrected chi connectivity index (χ2v) is 6.65. The molecule has 0 spiro atoms. The summed E-state index contributed by atoms with van der Waals surface area (Å²) in [6.45, 7) is 0.209. The molecule has 9 heteroatoms. The number of hydrogen-bond donors (Lipinski definition) is 1. The van der Waals surface area contributed by atoms with E-state index in [4.69, 9.17) is 0 Å². The first kappa shape index (κ1) is 16.3. The van der Waals surface area contributed by atoms with Crippen LogP contribution in [0.25, 0.3) is 10.2 Å². The maximum absolute atomic E-state index is 12.2. The lowest BCUT2D eigenvalue weighted by Crippen LogP contribution is -2.23. The van der Waals surface area contributed by atoms with Crippen LogP contribution < -0.4 is 10.9 Å². The van der Waals surface area contributed by atoms with Gasteiger partial charge in [0.2, 0.25) is 5.91 Å². The van der Waals surface area contributed by atoms with E-state index in [1.54, 1.807) is 22.9 Å². The van der Waals surface area contributed by atoms with Gasteiger partial charge in [0.1, 0.15) is 9.71 Å². The van der Waals surface area contributed by atoms with Crippen LogP contribution >= 0.6 is 22.7 Å². The average molecular weight is 363 g/mol. The van der Waals surface area contributed by atoms with Crippen LogP contribution in [0.5, 0.6) is 0 Å². The number of amides is 1. The Morgan fingerprint density at radius 3 is 2.88 bits per heavy atom. The summed E-state index contributed by atoms with van der Waals surface area (Å²) in [4.78, 5) is 41.1. The second-order valence-electron chi connectivity index (χ2n) is 4.84. The van der Waals surface area contributed by atoms with Gasteiger partial charge in [-0.2, -0.15) is 0 Å². The molecule has 3 aromatic heterocycles. The van der Waals surface area contributed by atoms with Gasteiger partial charge < -0.3 is 10.1 Å². The molecule has 0 aliphatic rings. The zero-order valence-electron chi connectivity index (χ0n) is 12.6. The molecule has 0 aliphatic carbocycles. The largest absolute Gasteiger partial charge is 0.465 e. The summed E-state index contributed by atoms with van der Waals surface area (Å²) in [5.74, 6) is -0.792. The molecule has 7 nitrogen and oxygen atoms in total. The molecule has 1 amide bonds. The van der Waals surface area contributed by atoms with Crippen LogP contribution in [0.1, 0.15) is 16.1 Å². The van der Waals surface area contributed by atoms with Gasteiger partial charge >= 0.3 is 5.97 Å². The Balaban J connectivity index is 1.67. The van der Waals surface area contributed by atoms with Crippen molar-refractivity contribution >= 4 is 50.5 Å². The van der Waals surface area contributed by atoms with Crippen LogP contribution in [0.2, 0.25) is 0 Å². The van der Waals surface area contributed by atoms with Crippen molar-refractivity contribution in [2.75, 3.05) is 12.4 Å². The quantitative estimate of drug-likeness (QED) is 0.703. The van der Waals surface area contributed by atoms with E-state index in [0.29, 0.717) is 20.8 Å². The molecule has 1 N–H and O–H groups in total. The number of fused-ring (bicyclic) bond motifs is 1. The second kappa shape index (κ2) is 6.93.